The fraction of sp³-hybridized carbons (Fsp3) is 0.882. The van der Waals surface area contributed by atoms with E-state index in [-0.39, 0.29) is 42.0 Å². The first-order chi connectivity index (χ1) is 10.8. The third-order valence-electron chi connectivity index (χ3n) is 4.01. The van der Waals surface area contributed by atoms with Gasteiger partial charge >= 0.3 is 0 Å². The number of carbonyl (C=O) groups excluding carboxylic acids is 1. The van der Waals surface area contributed by atoms with Crippen LogP contribution in [-0.4, -0.2) is 61.6 Å². The summed E-state index contributed by atoms with van der Waals surface area (Å²) in [5, 5.41) is 9.25. The smallest absolute Gasteiger partial charge is 0.239 e. The Morgan fingerprint density at radius 2 is 1.96 bits per heavy atom. The predicted molar refractivity (Wildman–Crippen MR) is 112 cm³/mol. The van der Waals surface area contributed by atoms with Crippen LogP contribution in [0.2, 0.25) is 0 Å². The molecule has 1 aliphatic rings. The first-order valence-corrected chi connectivity index (χ1v) is 8.81. The van der Waals surface area contributed by atoms with Gasteiger partial charge in [-0.25, -0.2) is 0 Å². The van der Waals surface area contributed by atoms with E-state index in [0.717, 1.165) is 19.5 Å². The van der Waals surface area contributed by atoms with Crippen LogP contribution in [0.5, 0.6) is 0 Å². The number of aliphatic imine (C=N–C) groups is 1. The molecule has 0 aromatic rings. The second-order valence-corrected chi connectivity index (χ2v) is 7.39. The minimum atomic E-state index is -0.207. The van der Waals surface area contributed by atoms with Crippen molar-refractivity contribution >= 4 is 35.8 Å². The van der Waals surface area contributed by atoms with Gasteiger partial charge in [0.1, 0.15) is 0 Å². The summed E-state index contributed by atoms with van der Waals surface area (Å²) in [6, 6.07) is 0.710. The van der Waals surface area contributed by atoms with Crippen molar-refractivity contribution in [1.82, 2.24) is 20.9 Å². The summed E-state index contributed by atoms with van der Waals surface area (Å²) in [5.74, 6) is 0.656. The maximum atomic E-state index is 11.8. The molecule has 1 unspecified atom stereocenters. The molecule has 7 heteroatoms. The first-order valence-electron chi connectivity index (χ1n) is 8.81. The monoisotopic (exact) mass is 453 g/mol. The maximum absolute atomic E-state index is 11.8. The molecule has 1 rings (SSSR count). The molecule has 24 heavy (non-hydrogen) atoms. The fourth-order valence-electron chi connectivity index (χ4n) is 2.83. The summed E-state index contributed by atoms with van der Waals surface area (Å²) in [4.78, 5) is 18.5. The minimum Gasteiger partial charge on any atom is -0.356 e. The summed E-state index contributed by atoms with van der Waals surface area (Å²) in [7, 11) is 1.73. The molecule has 1 fully saturated rings. The Morgan fingerprint density at radius 1 is 1.25 bits per heavy atom. The Labute approximate surface area is 164 Å². The molecule has 0 aliphatic carbocycles. The zero-order chi connectivity index (χ0) is 17.3. The van der Waals surface area contributed by atoms with Crippen LogP contribution in [0.1, 0.15) is 53.4 Å². The number of hydrogen-bond donors (Lipinski definition) is 3. The first kappa shape index (κ1) is 23.4. The molecule has 0 spiro atoms. The highest BCUT2D eigenvalue weighted by molar-refractivity contribution is 14.0. The molecular weight excluding hydrogens is 417 g/mol. The van der Waals surface area contributed by atoms with Gasteiger partial charge in [-0.05, 0) is 53.5 Å². The lowest BCUT2D eigenvalue weighted by atomic mass is 10.0. The lowest BCUT2D eigenvalue weighted by Crippen LogP contribution is -2.48. The van der Waals surface area contributed by atoms with Crippen LogP contribution >= 0.6 is 24.0 Å². The molecule has 1 atom stereocenters. The van der Waals surface area contributed by atoms with Crippen molar-refractivity contribution in [1.29, 1.82) is 0 Å². The largest absolute Gasteiger partial charge is 0.356 e. The van der Waals surface area contributed by atoms with E-state index in [1.807, 2.05) is 20.8 Å². The third kappa shape index (κ3) is 10.3. The zero-order valence-corrected chi connectivity index (χ0v) is 18.3. The number of halogens is 1. The second-order valence-electron chi connectivity index (χ2n) is 7.39. The summed E-state index contributed by atoms with van der Waals surface area (Å²) >= 11 is 0. The Morgan fingerprint density at radius 3 is 2.54 bits per heavy atom. The average molecular weight is 453 g/mol. The molecule has 6 nitrogen and oxygen atoms in total. The van der Waals surface area contributed by atoms with Crippen LogP contribution in [0.4, 0.5) is 0 Å². The van der Waals surface area contributed by atoms with Crippen LogP contribution in [0.25, 0.3) is 0 Å². The molecule has 3 N–H and O–H groups in total. The van der Waals surface area contributed by atoms with E-state index in [2.05, 4.69) is 32.8 Å². The van der Waals surface area contributed by atoms with E-state index in [1.54, 1.807) is 7.05 Å². The Balaban J connectivity index is 0.00000529. The van der Waals surface area contributed by atoms with E-state index in [4.69, 9.17) is 0 Å². The highest BCUT2D eigenvalue weighted by atomic mass is 127. The molecule has 0 radical (unpaired) electrons. The van der Waals surface area contributed by atoms with Gasteiger partial charge in [0.2, 0.25) is 5.91 Å². The van der Waals surface area contributed by atoms with Crippen molar-refractivity contribution in [3.8, 4) is 0 Å². The average Bonchev–Trinajstić information content (AvgIpc) is 2.46. The van der Waals surface area contributed by atoms with Crippen LogP contribution in [-0.2, 0) is 4.79 Å². The molecule has 1 heterocycles. The number of nitrogens with zero attached hydrogens (tertiary/aromatic N) is 2. The molecule has 0 aromatic heterocycles. The van der Waals surface area contributed by atoms with Crippen molar-refractivity contribution < 1.29 is 4.79 Å². The molecule has 1 saturated heterocycles. The Hall–Kier alpha value is -0.570. The number of hydrogen-bond acceptors (Lipinski definition) is 3. The maximum Gasteiger partial charge on any atom is 0.239 e. The van der Waals surface area contributed by atoms with E-state index in [1.165, 1.54) is 25.8 Å². The van der Waals surface area contributed by atoms with E-state index in [0.29, 0.717) is 12.0 Å². The molecule has 0 aromatic carbocycles. The number of nitrogens with one attached hydrogen (secondary N) is 3. The molecule has 0 saturated carbocycles. The Bertz CT molecular complexity index is 395. The second kappa shape index (κ2) is 11.9. The van der Waals surface area contributed by atoms with Crippen LogP contribution < -0.4 is 16.0 Å². The SMILES string of the molecule is CN=C(NCCCN1CCCCC1C)NCC(=O)NC(C)(C)C.I. The highest BCUT2D eigenvalue weighted by Gasteiger charge is 2.17. The number of rotatable bonds is 6. The third-order valence-corrected chi connectivity index (χ3v) is 4.01. The molecule has 1 amide bonds. The van der Waals surface area contributed by atoms with Crippen LogP contribution in [0.3, 0.4) is 0 Å². The van der Waals surface area contributed by atoms with Gasteiger partial charge in [-0.3, -0.25) is 9.79 Å². The summed E-state index contributed by atoms with van der Waals surface area (Å²) in [5.41, 5.74) is -0.207. The van der Waals surface area contributed by atoms with Gasteiger partial charge in [0.25, 0.3) is 0 Å². The van der Waals surface area contributed by atoms with Crippen LogP contribution in [0, 0.1) is 0 Å². The van der Waals surface area contributed by atoms with E-state index >= 15 is 0 Å². The van der Waals surface area contributed by atoms with Gasteiger partial charge in [0, 0.05) is 31.7 Å². The van der Waals surface area contributed by atoms with Crippen molar-refractivity contribution in [2.45, 2.75) is 65.0 Å². The molecule has 0 bridgehead atoms. The molecule has 1 aliphatic heterocycles. The van der Waals surface area contributed by atoms with Gasteiger partial charge in [0.15, 0.2) is 5.96 Å². The lowest BCUT2D eigenvalue weighted by molar-refractivity contribution is -0.121. The van der Waals surface area contributed by atoms with Crippen molar-refractivity contribution in [2.24, 2.45) is 4.99 Å². The zero-order valence-electron chi connectivity index (χ0n) is 15.9. The van der Waals surface area contributed by atoms with Gasteiger partial charge in [-0.1, -0.05) is 6.42 Å². The summed E-state index contributed by atoms with van der Waals surface area (Å²) < 4.78 is 0. The highest BCUT2D eigenvalue weighted by Crippen LogP contribution is 2.15. The quantitative estimate of drug-likeness (QED) is 0.249. The number of likely N-dealkylation sites (tertiary alicyclic amines) is 1. The van der Waals surface area contributed by atoms with E-state index in [9.17, 15) is 4.79 Å². The number of amides is 1. The topological polar surface area (TPSA) is 68.8 Å². The van der Waals surface area contributed by atoms with Crippen LogP contribution in [0.15, 0.2) is 4.99 Å². The predicted octanol–water partition coefficient (Wildman–Crippen LogP) is 1.95. The normalized spacial score (nSPS) is 19.4. The van der Waals surface area contributed by atoms with Gasteiger partial charge in [-0.15, -0.1) is 24.0 Å². The summed E-state index contributed by atoms with van der Waals surface area (Å²) in [6.07, 6.45) is 5.09. The van der Waals surface area contributed by atoms with E-state index < -0.39 is 0 Å². The van der Waals surface area contributed by atoms with Gasteiger partial charge in [0.05, 0.1) is 6.54 Å². The molecular formula is C17H36IN5O. The van der Waals surface area contributed by atoms with Crippen molar-refractivity contribution in [3.63, 3.8) is 0 Å². The fourth-order valence-corrected chi connectivity index (χ4v) is 2.83. The number of carbonyl (C=O) groups is 1. The lowest BCUT2D eigenvalue weighted by Gasteiger charge is -2.33. The van der Waals surface area contributed by atoms with Crippen molar-refractivity contribution in [3.05, 3.63) is 0 Å². The van der Waals surface area contributed by atoms with Gasteiger partial charge < -0.3 is 20.9 Å². The van der Waals surface area contributed by atoms with Gasteiger partial charge in [-0.2, -0.15) is 0 Å². The number of piperidine rings is 1. The number of guanidine groups is 1. The molecule has 142 valence electrons. The van der Waals surface area contributed by atoms with Crippen molar-refractivity contribution in [2.75, 3.05) is 33.2 Å². The summed E-state index contributed by atoms with van der Waals surface area (Å²) in [6.45, 7) is 11.7. The standard InChI is InChI=1S/C17H35N5O.HI/c1-14-9-6-7-11-22(14)12-8-10-19-16(18-5)20-13-15(23)21-17(2,3)4;/h14H,6-13H2,1-5H3,(H,21,23)(H2,18,19,20);1H. The Kier molecular flexibility index (Phi) is 11.6. The minimum absolute atomic E-state index is 0.